The van der Waals surface area contributed by atoms with Crippen LogP contribution in [0.25, 0.3) is 10.9 Å². The number of nitriles is 1. The summed E-state index contributed by atoms with van der Waals surface area (Å²) in [6.07, 6.45) is 0. The van der Waals surface area contributed by atoms with Gasteiger partial charge in [0.1, 0.15) is 11.6 Å². The van der Waals surface area contributed by atoms with Crippen LogP contribution in [0.15, 0.2) is 39.4 Å². The first-order chi connectivity index (χ1) is 12.2. The van der Waals surface area contributed by atoms with E-state index in [1.165, 1.54) is 6.92 Å². The molecule has 0 aliphatic carbocycles. The molecule has 0 saturated heterocycles. The Kier molecular flexibility index (Phi) is 6.46. The van der Waals surface area contributed by atoms with Crippen LogP contribution in [0.1, 0.15) is 20.8 Å². The summed E-state index contributed by atoms with van der Waals surface area (Å²) in [6, 6.07) is 6.74. The van der Waals surface area contributed by atoms with E-state index < -0.39 is 5.78 Å². The Balaban J connectivity index is 2.47. The van der Waals surface area contributed by atoms with E-state index in [1.54, 1.807) is 22.8 Å². The zero-order chi connectivity index (χ0) is 19.4. The molecule has 0 aliphatic heterocycles. The summed E-state index contributed by atoms with van der Waals surface area (Å²) in [6.45, 7) is 5.96. The number of benzene rings is 1. The fourth-order valence-corrected chi connectivity index (χ4v) is 3.43. The van der Waals surface area contributed by atoms with E-state index in [4.69, 9.17) is 22.6 Å². The van der Waals surface area contributed by atoms with E-state index in [-0.39, 0.29) is 28.5 Å². The number of ketones is 1. The van der Waals surface area contributed by atoms with Crippen molar-refractivity contribution in [2.45, 2.75) is 32.5 Å². The van der Waals surface area contributed by atoms with Crippen molar-refractivity contribution >= 4 is 40.0 Å². The first kappa shape index (κ1) is 20.0. The van der Waals surface area contributed by atoms with Gasteiger partial charge in [0.05, 0.1) is 16.7 Å². The highest BCUT2D eigenvalue weighted by Gasteiger charge is 2.17. The van der Waals surface area contributed by atoms with Crippen molar-refractivity contribution < 1.29 is 4.79 Å². The molecule has 1 heterocycles. The van der Waals surface area contributed by atoms with Gasteiger partial charge in [-0.3, -0.25) is 14.2 Å². The highest BCUT2D eigenvalue weighted by atomic mass is 35.5. The van der Waals surface area contributed by atoms with Gasteiger partial charge in [0.2, 0.25) is 0 Å². The molecule has 0 atom stereocenters. The monoisotopic (exact) mass is 390 g/mol. The van der Waals surface area contributed by atoms with Crippen molar-refractivity contribution in [3.63, 3.8) is 0 Å². The fourth-order valence-electron chi connectivity index (χ4n) is 2.38. The van der Waals surface area contributed by atoms with E-state index in [1.807, 2.05) is 19.9 Å². The summed E-state index contributed by atoms with van der Waals surface area (Å²) in [5.41, 5.74) is 5.97. The first-order valence-electron chi connectivity index (χ1n) is 7.97. The zero-order valence-corrected chi connectivity index (χ0v) is 16.3. The lowest BCUT2D eigenvalue weighted by molar-refractivity contribution is -0.112. The Morgan fingerprint density at radius 2 is 2.15 bits per heavy atom. The molecule has 2 N–H and O–H groups in total. The molecule has 136 valence electrons. The van der Waals surface area contributed by atoms with E-state index in [2.05, 4.69) is 4.98 Å². The van der Waals surface area contributed by atoms with Crippen LogP contribution in [0.4, 0.5) is 0 Å². The normalized spacial score (nSPS) is 12.2. The molecular formula is C18H19ClN4O2S. The van der Waals surface area contributed by atoms with Crippen molar-refractivity contribution in [3.05, 3.63) is 44.8 Å². The van der Waals surface area contributed by atoms with Crippen LogP contribution in [0, 0.1) is 17.2 Å². The molecule has 8 heteroatoms. The summed E-state index contributed by atoms with van der Waals surface area (Å²) in [4.78, 5) is 29.6. The van der Waals surface area contributed by atoms with Crippen LogP contribution in [-0.4, -0.2) is 21.1 Å². The van der Waals surface area contributed by atoms with E-state index in [9.17, 15) is 9.59 Å². The van der Waals surface area contributed by atoms with Gasteiger partial charge in [-0.15, -0.1) is 0 Å². The SMILES string of the molecule is C/C(N)=C(/C#N)C(=O)CSc1nc2cc(Cl)ccc2c(=O)n1CC(C)C. The van der Waals surface area contributed by atoms with Gasteiger partial charge < -0.3 is 5.73 Å². The van der Waals surface area contributed by atoms with Crippen molar-refractivity contribution in [1.29, 1.82) is 5.26 Å². The summed E-state index contributed by atoms with van der Waals surface area (Å²) < 4.78 is 1.56. The number of thioether (sulfide) groups is 1. The molecule has 26 heavy (non-hydrogen) atoms. The second-order valence-corrected chi connectivity index (χ2v) is 7.63. The maximum Gasteiger partial charge on any atom is 0.262 e. The van der Waals surface area contributed by atoms with Crippen LogP contribution in [0.3, 0.4) is 0 Å². The Bertz CT molecular complexity index is 985. The van der Waals surface area contributed by atoms with Gasteiger partial charge in [0.15, 0.2) is 10.9 Å². The second kappa shape index (κ2) is 8.39. The second-order valence-electron chi connectivity index (χ2n) is 6.25. The minimum Gasteiger partial charge on any atom is -0.401 e. The number of rotatable bonds is 6. The van der Waals surface area contributed by atoms with Crippen molar-refractivity contribution in [3.8, 4) is 6.07 Å². The largest absolute Gasteiger partial charge is 0.401 e. The molecule has 0 spiro atoms. The minimum absolute atomic E-state index is 0.0337. The number of carbonyl (C=O) groups is 1. The number of Topliss-reactive ketones (excluding diaryl/α,β-unsaturated/α-hetero) is 1. The summed E-state index contributed by atoms with van der Waals surface area (Å²) in [5.74, 6) is -0.210. The van der Waals surface area contributed by atoms with Gasteiger partial charge in [-0.2, -0.15) is 5.26 Å². The van der Waals surface area contributed by atoms with E-state index >= 15 is 0 Å². The number of nitrogens with two attached hydrogens (primary N) is 1. The van der Waals surface area contributed by atoms with Crippen LogP contribution in [0.2, 0.25) is 5.02 Å². The number of allylic oxidation sites excluding steroid dienone is 2. The summed E-state index contributed by atoms with van der Waals surface area (Å²) in [7, 11) is 0. The van der Waals surface area contributed by atoms with Crippen LogP contribution >= 0.6 is 23.4 Å². The molecule has 2 rings (SSSR count). The molecule has 6 nitrogen and oxygen atoms in total. The third-order valence-corrected chi connectivity index (χ3v) is 4.76. The number of hydrogen-bond acceptors (Lipinski definition) is 6. The molecule has 0 amide bonds. The zero-order valence-electron chi connectivity index (χ0n) is 14.7. The molecule has 0 saturated carbocycles. The highest BCUT2D eigenvalue weighted by Crippen LogP contribution is 2.22. The lowest BCUT2D eigenvalue weighted by Crippen LogP contribution is -2.26. The third-order valence-electron chi connectivity index (χ3n) is 3.55. The molecule has 1 aromatic carbocycles. The molecule has 0 radical (unpaired) electrons. The maximum absolute atomic E-state index is 12.8. The molecule has 0 aliphatic rings. The summed E-state index contributed by atoms with van der Waals surface area (Å²) >= 11 is 7.12. The average Bonchev–Trinajstić information content (AvgIpc) is 2.55. The van der Waals surface area contributed by atoms with Gasteiger partial charge >= 0.3 is 0 Å². The number of fused-ring (bicyclic) bond motifs is 1. The van der Waals surface area contributed by atoms with Gasteiger partial charge in [0, 0.05) is 17.3 Å². The quantitative estimate of drug-likeness (QED) is 0.352. The molecular weight excluding hydrogens is 372 g/mol. The third kappa shape index (κ3) is 4.45. The minimum atomic E-state index is -0.394. The fraction of sp³-hybridized carbons (Fsp3) is 0.333. The van der Waals surface area contributed by atoms with E-state index in [0.717, 1.165) is 11.8 Å². The Morgan fingerprint density at radius 1 is 1.46 bits per heavy atom. The topological polar surface area (TPSA) is 102 Å². The molecule has 0 fully saturated rings. The number of nitrogens with zero attached hydrogens (tertiary/aromatic N) is 3. The Hall–Kier alpha value is -2.30. The van der Waals surface area contributed by atoms with Crippen LogP contribution in [0.5, 0.6) is 0 Å². The Labute approximate surface area is 160 Å². The smallest absolute Gasteiger partial charge is 0.262 e. The van der Waals surface area contributed by atoms with E-state index in [0.29, 0.717) is 27.6 Å². The van der Waals surface area contributed by atoms with Gasteiger partial charge in [-0.1, -0.05) is 37.2 Å². The molecule has 1 aromatic heterocycles. The maximum atomic E-state index is 12.8. The predicted molar refractivity (Wildman–Crippen MR) is 104 cm³/mol. The molecule has 0 bridgehead atoms. The van der Waals surface area contributed by atoms with Crippen LogP contribution < -0.4 is 11.3 Å². The number of hydrogen-bond donors (Lipinski definition) is 1. The van der Waals surface area contributed by atoms with Gasteiger partial charge in [-0.05, 0) is 31.0 Å². The predicted octanol–water partition coefficient (Wildman–Crippen LogP) is 3.12. The van der Waals surface area contributed by atoms with Crippen LogP contribution in [-0.2, 0) is 11.3 Å². The summed E-state index contributed by atoms with van der Waals surface area (Å²) in [5, 5.41) is 10.4. The number of aromatic nitrogens is 2. The molecule has 2 aromatic rings. The number of halogens is 1. The van der Waals surface area contributed by atoms with Crippen molar-refractivity contribution in [1.82, 2.24) is 9.55 Å². The highest BCUT2D eigenvalue weighted by molar-refractivity contribution is 7.99. The van der Waals surface area contributed by atoms with Gasteiger partial charge in [0.25, 0.3) is 5.56 Å². The number of carbonyl (C=O) groups excluding carboxylic acids is 1. The standard InChI is InChI=1S/C18H19ClN4O2S/c1-10(2)8-23-17(25)13-5-4-12(19)6-15(13)22-18(23)26-9-16(24)14(7-20)11(3)21/h4-6,10H,8-9,21H2,1-3H3/b14-11+. The van der Waals surface area contributed by atoms with Crippen molar-refractivity contribution in [2.75, 3.05) is 5.75 Å². The van der Waals surface area contributed by atoms with Gasteiger partial charge in [-0.25, -0.2) is 4.98 Å². The molecule has 0 unspecified atom stereocenters. The lowest BCUT2D eigenvalue weighted by atomic mass is 10.2. The lowest BCUT2D eigenvalue weighted by Gasteiger charge is -2.14. The van der Waals surface area contributed by atoms with Crippen molar-refractivity contribution in [2.24, 2.45) is 11.7 Å². The Morgan fingerprint density at radius 3 is 2.73 bits per heavy atom. The average molecular weight is 391 g/mol. The first-order valence-corrected chi connectivity index (χ1v) is 9.33.